The molecule has 3 aromatic rings. The summed E-state index contributed by atoms with van der Waals surface area (Å²) in [5.74, 6) is -6.99. The molecule has 0 unspecified atom stereocenters. The van der Waals surface area contributed by atoms with E-state index in [0.717, 1.165) is 10.5 Å². The first-order valence-electron chi connectivity index (χ1n) is 16.5. The zero-order chi connectivity index (χ0) is 37.9. The summed E-state index contributed by atoms with van der Waals surface area (Å²) in [6, 6.07) is 14.3. The minimum absolute atomic E-state index is 0.0830. The molecule has 2 heterocycles. The summed E-state index contributed by atoms with van der Waals surface area (Å²) in [7, 11) is 0. The summed E-state index contributed by atoms with van der Waals surface area (Å²) in [5, 5.41) is 16.0. The summed E-state index contributed by atoms with van der Waals surface area (Å²) >= 11 is 5.97. The van der Waals surface area contributed by atoms with Gasteiger partial charge in [-0.2, -0.15) is 0 Å². The SMILES string of the molecule is CC[C@@H](C)[C@H](NC(=O)c1ccc(-c2ccc(Cl)cc2)o1)C(=O)N1C[C@H](OCc2ccccc2)C[C@H]1C(=O)N[C@@H](CC(F)F)C(=O)C(=O)NCC(=O)O. The maximum Gasteiger partial charge on any atom is 0.322 e. The van der Waals surface area contributed by atoms with E-state index < -0.39 is 84.9 Å². The first-order chi connectivity index (χ1) is 24.8. The average Bonchev–Trinajstić information content (AvgIpc) is 3.80. The second-order valence-electron chi connectivity index (χ2n) is 12.3. The number of benzene rings is 2. The van der Waals surface area contributed by atoms with Gasteiger partial charge in [0.05, 0.1) is 12.7 Å². The molecule has 0 bridgehead atoms. The standard InChI is InChI=1S/C36H39ClF2N4O9/c1-3-20(2)31(42-34(48)28-14-13-27(52-28)22-9-11-23(37)12-10-22)36(50)43-18-24(51-19-21-7-5-4-6-8-21)15-26(43)33(47)41-25(16-29(38)39)32(46)35(49)40-17-30(44)45/h4-14,20,24-26,29,31H,3,15-19H2,1-2H3,(H,40,49)(H,41,47)(H,42,48)(H,44,45)/t20-,24-,25+,26+,31+/m1/s1. The molecule has 0 aliphatic carbocycles. The number of ketones is 1. The Balaban J connectivity index is 1.57. The van der Waals surface area contributed by atoms with E-state index in [1.807, 2.05) is 30.3 Å². The molecule has 2 aromatic carbocycles. The maximum absolute atomic E-state index is 14.3. The van der Waals surface area contributed by atoms with Gasteiger partial charge in [0.2, 0.25) is 24.0 Å². The van der Waals surface area contributed by atoms with Crippen molar-refractivity contribution in [2.24, 2.45) is 5.92 Å². The third-order valence-electron chi connectivity index (χ3n) is 8.57. The Kier molecular flexibility index (Phi) is 14.0. The third kappa shape index (κ3) is 10.7. The van der Waals surface area contributed by atoms with E-state index in [1.165, 1.54) is 6.07 Å². The monoisotopic (exact) mass is 744 g/mol. The summed E-state index contributed by atoms with van der Waals surface area (Å²) < 4.78 is 38.8. The molecule has 4 N–H and O–H groups in total. The van der Waals surface area contributed by atoms with Gasteiger partial charge in [-0.05, 0) is 47.9 Å². The molecule has 52 heavy (non-hydrogen) atoms. The highest BCUT2D eigenvalue weighted by Gasteiger charge is 2.45. The summed E-state index contributed by atoms with van der Waals surface area (Å²) in [5.41, 5.74) is 1.47. The largest absolute Gasteiger partial charge is 0.480 e. The van der Waals surface area contributed by atoms with Crippen molar-refractivity contribution in [2.75, 3.05) is 13.1 Å². The second kappa shape index (κ2) is 18.4. The number of Topliss-reactive ketones (excluding diaryl/α,β-unsaturated/α-hetero) is 1. The number of carbonyl (C=O) groups is 6. The predicted molar refractivity (Wildman–Crippen MR) is 183 cm³/mol. The predicted octanol–water partition coefficient (Wildman–Crippen LogP) is 3.84. The van der Waals surface area contributed by atoms with Crippen LogP contribution in [0.15, 0.2) is 71.1 Å². The molecule has 1 fully saturated rings. The molecule has 1 aliphatic rings. The molecule has 16 heteroatoms. The number of ether oxygens (including phenoxy) is 1. The van der Waals surface area contributed by atoms with Crippen molar-refractivity contribution in [2.45, 2.75) is 70.4 Å². The average molecular weight is 745 g/mol. The van der Waals surface area contributed by atoms with Crippen LogP contribution in [0.1, 0.15) is 49.2 Å². The zero-order valence-corrected chi connectivity index (χ0v) is 29.1. The number of likely N-dealkylation sites (tertiary alicyclic amines) is 1. The first kappa shape index (κ1) is 39.6. The Morgan fingerprint density at radius 2 is 1.69 bits per heavy atom. The second-order valence-corrected chi connectivity index (χ2v) is 12.7. The van der Waals surface area contributed by atoms with E-state index in [1.54, 1.807) is 49.5 Å². The fraction of sp³-hybridized carbons (Fsp3) is 0.389. The fourth-order valence-electron chi connectivity index (χ4n) is 5.58. The van der Waals surface area contributed by atoms with Crippen LogP contribution in [-0.4, -0.2) is 89.1 Å². The lowest BCUT2D eigenvalue weighted by Crippen LogP contribution is -2.57. The molecule has 1 saturated heterocycles. The van der Waals surface area contributed by atoms with Crippen LogP contribution in [-0.2, 0) is 35.3 Å². The van der Waals surface area contributed by atoms with Gasteiger partial charge in [-0.25, -0.2) is 8.78 Å². The normalized spacial score (nSPS) is 17.2. The number of carbonyl (C=O) groups excluding carboxylic acids is 5. The van der Waals surface area contributed by atoms with Gasteiger partial charge >= 0.3 is 5.97 Å². The molecule has 0 spiro atoms. The number of aliphatic carboxylic acids is 1. The molecule has 1 aliphatic heterocycles. The Labute approximate surface area is 303 Å². The highest BCUT2D eigenvalue weighted by molar-refractivity contribution is 6.38. The van der Waals surface area contributed by atoms with Crippen molar-refractivity contribution in [3.05, 3.63) is 83.1 Å². The smallest absolute Gasteiger partial charge is 0.322 e. The number of carboxylic acids is 1. The van der Waals surface area contributed by atoms with E-state index in [2.05, 4.69) is 10.6 Å². The van der Waals surface area contributed by atoms with Gasteiger partial charge in [0, 0.05) is 30.0 Å². The van der Waals surface area contributed by atoms with Gasteiger partial charge in [-0.15, -0.1) is 0 Å². The van der Waals surface area contributed by atoms with E-state index in [4.69, 9.17) is 25.9 Å². The van der Waals surface area contributed by atoms with Gasteiger partial charge in [0.1, 0.15) is 30.4 Å². The molecule has 278 valence electrons. The van der Waals surface area contributed by atoms with Crippen LogP contribution >= 0.6 is 11.6 Å². The molecule has 4 amide bonds. The molecule has 0 radical (unpaired) electrons. The van der Waals surface area contributed by atoms with Gasteiger partial charge in [-0.3, -0.25) is 28.8 Å². The number of hydrogen-bond acceptors (Lipinski definition) is 8. The Morgan fingerprint density at radius 3 is 2.33 bits per heavy atom. The molecule has 1 aromatic heterocycles. The molecule has 13 nitrogen and oxygen atoms in total. The Bertz CT molecular complexity index is 1740. The third-order valence-corrected chi connectivity index (χ3v) is 8.82. The highest BCUT2D eigenvalue weighted by Crippen LogP contribution is 2.27. The molecular weight excluding hydrogens is 706 g/mol. The topological polar surface area (TPSA) is 184 Å². The number of amides is 4. The van der Waals surface area contributed by atoms with Gasteiger partial charge in [0.25, 0.3) is 11.8 Å². The van der Waals surface area contributed by atoms with Gasteiger partial charge < -0.3 is 35.1 Å². The van der Waals surface area contributed by atoms with Crippen LogP contribution in [0.25, 0.3) is 11.3 Å². The van der Waals surface area contributed by atoms with E-state index in [0.29, 0.717) is 22.8 Å². The van der Waals surface area contributed by atoms with Crippen LogP contribution in [0.3, 0.4) is 0 Å². The maximum atomic E-state index is 14.3. The van der Waals surface area contributed by atoms with Crippen molar-refractivity contribution in [3.8, 4) is 11.3 Å². The fourth-order valence-corrected chi connectivity index (χ4v) is 5.71. The van der Waals surface area contributed by atoms with Crippen molar-refractivity contribution in [1.29, 1.82) is 0 Å². The lowest BCUT2D eigenvalue weighted by Gasteiger charge is -2.31. The Morgan fingerprint density at radius 1 is 1.00 bits per heavy atom. The first-order valence-corrected chi connectivity index (χ1v) is 16.9. The lowest BCUT2D eigenvalue weighted by molar-refractivity contribution is -0.144. The number of nitrogens with zero attached hydrogens (tertiary/aromatic N) is 1. The van der Waals surface area contributed by atoms with Crippen molar-refractivity contribution < 1.29 is 51.8 Å². The summed E-state index contributed by atoms with van der Waals surface area (Å²) in [4.78, 5) is 78.5. The zero-order valence-electron chi connectivity index (χ0n) is 28.4. The van der Waals surface area contributed by atoms with E-state index >= 15 is 0 Å². The Hall–Kier alpha value is -5.15. The summed E-state index contributed by atoms with van der Waals surface area (Å²) in [6.45, 7) is 2.58. The molecule has 4 rings (SSSR count). The number of furan rings is 1. The van der Waals surface area contributed by atoms with Crippen LogP contribution in [0.4, 0.5) is 8.78 Å². The number of nitrogens with one attached hydrogen (secondary N) is 3. The van der Waals surface area contributed by atoms with Gasteiger partial charge in [-0.1, -0.05) is 62.2 Å². The number of rotatable bonds is 17. The lowest BCUT2D eigenvalue weighted by atomic mass is 9.97. The van der Waals surface area contributed by atoms with Crippen molar-refractivity contribution in [3.63, 3.8) is 0 Å². The van der Waals surface area contributed by atoms with E-state index in [-0.39, 0.29) is 25.3 Å². The van der Waals surface area contributed by atoms with Gasteiger partial charge in [0.15, 0.2) is 5.76 Å². The minimum atomic E-state index is -3.13. The van der Waals surface area contributed by atoms with Crippen LogP contribution < -0.4 is 16.0 Å². The van der Waals surface area contributed by atoms with Crippen molar-refractivity contribution in [1.82, 2.24) is 20.9 Å². The number of carboxylic acid groups (broad SMARTS) is 1. The van der Waals surface area contributed by atoms with Crippen LogP contribution in [0, 0.1) is 5.92 Å². The van der Waals surface area contributed by atoms with E-state index in [9.17, 15) is 37.5 Å². The van der Waals surface area contributed by atoms with Crippen LogP contribution in [0.2, 0.25) is 5.02 Å². The van der Waals surface area contributed by atoms with Crippen LogP contribution in [0.5, 0.6) is 0 Å². The molecule has 5 atom stereocenters. The number of halogens is 3. The quantitative estimate of drug-likeness (QED) is 0.149. The van der Waals surface area contributed by atoms with Crippen molar-refractivity contribution >= 4 is 47.0 Å². The number of hydrogen-bond donors (Lipinski definition) is 4. The summed E-state index contributed by atoms with van der Waals surface area (Å²) in [6.07, 6.45) is -4.76. The molecule has 0 saturated carbocycles. The molecular formula is C36H39ClF2N4O9. The minimum Gasteiger partial charge on any atom is -0.480 e. The number of alkyl halides is 2. The highest BCUT2D eigenvalue weighted by atomic mass is 35.5.